The monoisotopic (exact) mass is 810 g/mol. The number of fused-ring (bicyclic) bond motifs is 2. The summed E-state index contributed by atoms with van der Waals surface area (Å²) in [6.45, 7) is 0. The number of hydrogen-bond donors (Lipinski definition) is 2. The average molecular weight is 811 g/mol. The summed E-state index contributed by atoms with van der Waals surface area (Å²) in [6.07, 6.45) is 0. The Bertz CT molecular complexity index is 2490. The first-order chi connectivity index (χ1) is 27.2. The zero-order valence-corrected chi connectivity index (χ0v) is 34.2. The molecule has 0 bridgehead atoms. The van der Waals surface area contributed by atoms with Gasteiger partial charge in [0.2, 0.25) is 0 Å². The summed E-state index contributed by atoms with van der Waals surface area (Å²) in [5.41, 5.74) is 1.98. The van der Waals surface area contributed by atoms with E-state index in [1.54, 1.807) is 24.3 Å². The molecule has 10 heteroatoms. The fraction of sp³-hybridized carbons (Fsp3) is 0.0435. The van der Waals surface area contributed by atoms with Crippen molar-refractivity contribution in [1.29, 1.82) is 0 Å². The van der Waals surface area contributed by atoms with Gasteiger partial charge in [0.1, 0.15) is 0 Å². The third kappa shape index (κ3) is 7.37. The van der Waals surface area contributed by atoms with Crippen LogP contribution in [0.5, 0.6) is 0 Å². The van der Waals surface area contributed by atoms with Gasteiger partial charge in [-0.3, -0.25) is 9.13 Å². The number of benzene rings is 8. The highest BCUT2D eigenvalue weighted by Crippen LogP contribution is 2.48. The number of hydrogen-bond acceptors (Lipinski definition) is 4. The minimum atomic E-state index is -4.07. The van der Waals surface area contributed by atoms with E-state index in [2.05, 4.69) is 109 Å². The second-order valence-corrected chi connectivity index (χ2v) is 21.4. The van der Waals surface area contributed by atoms with Gasteiger partial charge in [0.25, 0.3) is 0 Å². The third-order valence-electron chi connectivity index (χ3n) is 9.90. The maximum absolute atomic E-state index is 13.2. The molecule has 0 aliphatic rings. The summed E-state index contributed by atoms with van der Waals surface area (Å²) in [5, 5.41) is 10.7. The Labute approximate surface area is 329 Å². The SMILES string of the molecule is COP(=O)(O)c1ccc2c(-c3c(P(c4ccccc4)c4ccccc4)ccc4cc(P(=O)(O)OC)ccc34)c(P(c3ccccc3)c3ccccc3)ccc2c1. The van der Waals surface area contributed by atoms with E-state index in [0.717, 1.165) is 43.3 Å². The molecule has 0 saturated carbocycles. The molecule has 8 aromatic carbocycles. The Morgan fingerprint density at radius 1 is 0.411 bits per heavy atom. The molecule has 0 heterocycles. The van der Waals surface area contributed by atoms with E-state index in [9.17, 15) is 18.9 Å². The Kier molecular flexibility index (Phi) is 11.0. The molecule has 2 atom stereocenters. The van der Waals surface area contributed by atoms with Gasteiger partial charge < -0.3 is 18.8 Å². The third-order valence-corrected chi connectivity index (χ3v) is 17.7. The smallest absolute Gasteiger partial charge is 0.321 e. The first-order valence-corrected chi connectivity index (χ1v) is 23.8. The van der Waals surface area contributed by atoms with Crippen molar-refractivity contribution in [3.05, 3.63) is 182 Å². The van der Waals surface area contributed by atoms with Gasteiger partial charge in [-0.15, -0.1) is 0 Å². The minimum absolute atomic E-state index is 0.205. The Morgan fingerprint density at radius 3 is 1.00 bits per heavy atom. The van der Waals surface area contributed by atoms with Gasteiger partial charge in [0, 0.05) is 14.2 Å². The molecule has 6 nitrogen and oxygen atoms in total. The van der Waals surface area contributed by atoms with Gasteiger partial charge in [-0.05, 0) is 105 Å². The van der Waals surface area contributed by atoms with Crippen molar-refractivity contribution in [3.8, 4) is 11.1 Å². The zero-order valence-electron chi connectivity index (χ0n) is 30.6. The van der Waals surface area contributed by atoms with E-state index >= 15 is 0 Å². The van der Waals surface area contributed by atoms with Crippen LogP contribution in [0, 0.1) is 0 Å². The molecule has 0 spiro atoms. The molecular formula is C46H38O6P4. The second-order valence-electron chi connectivity index (χ2n) is 13.1. The van der Waals surface area contributed by atoms with Crippen LogP contribution in [0.25, 0.3) is 32.7 Å². The molecule has 8 aromatic rings. The van der Waals surface area contributed by atoms with Gasteiger partial charge in [0.15, 0.2) is 0 Å². The summed E-state index contributed by atoms with van der Waals surface area (Å²) in [5.74, 6) is 0. The molecule has 0 amide bonds. The van der Waals surface area contributed by atoms with Crippen molar-refractivity contribution >= 4 is 95.0 Å². The Morgan fingerprint density at radius 2 is 0.714 bits per heavy atom. The Hall–Kier alpha value is -4.56. The van der Waals surface area contributed by atoms with Gasteiger partial charge in [-0.25, -0.2) is 0 Å². The molecule has 56 heavy (non-hydrogen) atoms. The van der Waals surface area contributed by atoms with E-state index in [1.165, 1.54) is 35.4 Å². The van der Waals surface area contributed by atoms with Crippen LogP contribution in [0.15, 0.2) is 182 Å². The molecule has 2 N–H and O–H groups in total. The molecule has 0 radical (unpaired) electrons. The molecule has 0 aromatic heterocycles. The lowest BCUT2D eigenvalue weighted by Crippen LogP contribution is -2.26. The predicted octanol–water partition coefficient (Wildman–Crippen LogP) is 8.09. The molecule has 0 saturated heterocycles. The van der Waals surface area contributed by atoms with E-state index in [0.29, 0.717) is 0 Å². The summed E-state index contributed by atoms with van der Waals surface area (Å²) >= 11 is 0. The van der Waals surface area contributed by atoms with Crippen LogP contribution in [0.3, 0.4) is 0 Å². The minimum Gasteiger partial charge on any atom is -0.321 e. The fourth-order valence-corrected chi connectivity index (χ4v) is 13.7. The fourth-order valence-electron chi connectivity index (χ4n) is 7.23. The standard InChI is InChI=1S/C46H38O6P4/c1-51-55(47,48)39-25-27-41-33(31-39)23-29-43(53(35-15-7-3-8-16-35)36-17-9-4-10-18-36)45(41)46-42-28-26-40(56(49,50)52-2)32-34(42)24-30-44(46)54(37-19-11-5-12-20-37)38-21-13-6-14-22-38/h3-32H,1-2H3,(H,47,48)(H,49,50). The Balaban J connectivity index is 1.56. The molecule has 8 rings (SSSR count). The van der Waals surface area contributed by atoms with Crippen LogP contribution < -0.4 is 42.4 Å². The quantitative estimate of drug-likeness (QED) is 0.129. The van der Waals surface area contributed by atoms with Gasteiger partial charge in [-0.2, -0.15) is 0 Å². The first-order valence-electron chi connectivity index (χ1n) is 17.9. The van der Waals surface area contributed by atoms with Gasteiger partial charge >= 0.3 is 15.2 Å². The molecular weight excluding hydrogens is 772 g/mol. The molecule has 2 unspecified atom stereocenters. The predicted molar refractivity (Wildman–Crippen MR) is 237 cm³/mol. The molecule has 0 fully saturated rings. The normalized spacial score (nSPS) is 13.9. The van der Waals surface area contributed by atoms with Crippen LogP contribution in [0.4, 0.5) is 0 Å². The summed E-state index contributed by atoms with van der Waals surface area (Å²) in [7, 11) is -7.94. The maximum atomic E-state index is 13.2. The second kappa shape index (κ2) is 16.1. The summed E-state index contributed by atoms with van der Waals surface area (Å²) < 4.78 is 36.5. The van der Waals surface area contributed by atoms with Crippen LogP contribution in [0.2, 0.25) is 0 Å². The van der Waals surface area contributed by atoms with E-state index in [4.69, 9.17) is 9.05 Å². The van der Waals surface area contributed by atoms with Crippen molar-refractivity contribution in [3.63, 3.8) is 0 Å². The highest BCUT2D eigenvalue weighted by atomic mass is 31.2. The van der Waals surface area contributed by atoms with Gasteiger partial charge in [0.05, 0.1) is 10.6 Å². The lowest BCUT2D eigenvalue weighted by molar-refractivity contribution is 0.327. The first kappa shape index (κ1) is 38.3. The van der Waals surface area contributed by atoms with Crippen LogP contribution in [-0.2, 0) is 18.2 Å². The zero-order chi connectivity index (χ0) is 38.9. The van der Waals surface area contributed by atoms with Crippen LogP contribution in [-0.4, -0.2) is 24.0 Å². The van der Waals surface area contributed by atoms with Gasteiger partial charge in [-0.1, -0.05) is 158 Å². The summed E-state index contributed by atoms with van der Waals surface area (Å²) in [4.78, 5) is 21.6. The maximum Gasteiger partial charge on any atom is 0.358 e. The van der Waals surface area contributed by atoms with Crippen molar-refractivity contribution in [2.24, 2.45) is 0 Å². The topological polar surface area (TPSA) is 93.1 Å². The van der Waals surface area contributed by atoms with E-state index in [-0.39, 0.29) is 10.6 Å². The lowest BCUT2D eigenvalue weighted by Gasteiger charge is -2.28. The van der Waals surface area contributed by atoms with E-state index in [1.807, 2.05) is 48.5 Å². The van der Waals surface area contributed by atoms with Crippen molar-refractivity contribution in [1.82, 2.24) is 0 Å². The van der Waals surface area contributed by atoms with Crippen molar-refractivity contribution < 1.29 is 28.0 Å². The van der Waals surface area contributed by atoms with Crippen molar-refractivity contribution in [2.45, 2.75) is 0 Å². The van der Waals surface area contributed by atoms with Crippen molar-refractivity contribution in [2.75, 3.05) is 14.2 Å². The van der Waals surface area contributed by atoms with Crippen LogP contribution in [0.1, 0.15) is 0 Å². The van der Waals surface area contributed by atoms with Crippen LogP contribution >= 0.6 is 31.0 Å². The lowest BCUT2D eigenvalue weighted by atomic mass is 9.93. The van der Waals surface area contributed by atoms with E-state index < -0.39 is 31.0 Å². The number of rotatable bonds is 11. The highest BCUT2D eigenvalue weighted by molar-refractivity contribution is 7.81. The molecule has 0 aliphatic heterocycles. The molecule has 0 aliphatic carbocycles. The summed E-state index contributed by atoms with van der Waals surface area (Å²) in [6, 6.07) is 61.3. The largest absolute Gasteiger partial charge is 0.358 e. The highest BCUT2D eigenvalue weighted by Gasteiger charge is 2.30. The average Bonchev–Trinajstić information content (AvgIpc) is 3.25. The molecule has 278 valence electrons.